The zero-order chi connectivity index (χ0) is 15.7. The molecule has 0 N–H and O–H groups in total. The molecule has 1 aliphatic heterocycles. The molecule has 2 aromatic rings. The van der Waals surface area contributed by atoms with Crippen LogP contribution < -0.4 is 4.90 Å². The maximum atomic E-state index is 5.05. The van der Waals surface area contributed by atoms with E-state index in [-0.39, 0.29) is 46.4 Å². The average molecular weight is 514 g/mol. The quantitative estimate of drug-likeness (QED) is 0.488. The number of amidine groups is 1. The summed E-state index contributed by atoms with van der Waals surface area (Å²) in [5.41, 5.74) is 3.48. The number of hydrogen-bond acceptors (Lipinski definition) is 2. The molecule has 0 saturated carbocycles. The van der Waals surface area contributed by atoms with Crippen LogP contribution in [0.15, 0.2) is 59.6 Å². The van der Waals surface area contributed by atoms with Crippen molar-refractivity contribution in [3.63, 3.8) is 0 Å². The van der Waals surface area contributed by atoms with Crippen molar-refractivity contribution in [1.29, 1.82) is 0 Å². The fourth-order valence-electron chi connectivity index (χ4n) is 2.77. The van der Waals surface area contributed by atoms with Gasteiger partial charge in [-0.2, -0.15) is 18.6 Å². The molecule has 3 heteroatoms. The molecule has 0 amide bonds. The van der Waals surface area contributed by atoms with Gasteiger partial charge in [0.15, 0.2) is 0 Å². The van der Waals surface area contributed by atoms with Gasteiger partial charge in [0.1, 0.15) is 0 Å². The fourth-order valence-corrected chi connectivity index (χ4v) is 2.77. The van der Waals surface area contributed by atoms with Crippen LogP contribution in [0.5, 0.6) is 0 Å². The topological polar surface area (TPSA) is 15.6 Å². The summed E-state index contributed by atoms with van der Waals surface area (Å²) < 4.78 is 0. The second-order valence-corrected chi connectivity index (χ2v) is 6.94. The number of anilines is 1. The smallest absolute Gasteiger partial charge is 0.358 e. The Morgan fingerprint density at radius 2 is 1.52 bits per heavy atom. The maximum absolute atomic E-state index is 5.05. The van der Waals surface area contributed by atoms with E-state index in [4.69, 9.17) is 4.99 Å². The van der Waals surface area contributed by atoms with E-state index in [1.165, 1.54) is 5.69 Å². The second kappa shape index (κ2) is 9.22. The van der Waals surface area contributed by atoms with Crippen LogP contribution in [0.2, 0.25) is 0 Å². The van der Waals surface area contributed by atoms with Gasteiger partial charge in [-0.3, -0.25) is 4.99 Å². The Balaban J connectivity index is 0.00000192. The molecular weight excluding hydrogens is 484 g/mol. The third-order valence-electron chi connectivity index (χ3n) is 4.22. The summed E-state index contributed by atoms with van der Waals surface area (Å²) >= 11 is 0. The number of hydrogen-bond donors (Lipinski definition) is 0. The van der Waals surface area contributed by atoms with Crippen molar-refractivity contribution >= 4 is 11.5 Å². The van der Waals surface area contributed by atoms with Crippen LogP contribution in [0.25, 0.3) is 0 Å². The predicted octanol–water partition coefficient (Wildman–Crippen LogP) is 5.45. The van der Waals surface area contributed by atoms with E-state index in [0.29, 0.717) is 0 Å². The SMILES string of the molecule is [CH2-]c1ccccc1C1=N[C@@H](C(C)(C)C)CN1c1ccccc1.[CH3-].[CH3-].[Ir+3]. The average Bonchev–Trinajstić information content (AvgIpc) is 2.94. The van der Waals surface area contributed by atoms with Gasteiger partial charge in [-0.1, -0.05) is 50.6 Å². The summed E-state index contributed by atoms with van der Waals surface area (Å²) in [5, 5.41) is 0. The molecular formula is C22H29IrN2. The van der Waals surface area contributed by atoms with Crippen LogP contribution in [0.3, 0.4) is 0 Å². The minimum Gasteiger partial charge on any atom is -0.358 e. The molecule has 1 atom stereocenters. The van der Waals surface area contributed by atoms with Gasteiger partial charge in [0.05, 0.1) is 11.9 Å². The minimum absolute atomic E-state index is 0. The van der Waals surface area contributed by atoms with Gasteiger partial charge in [-0.25, -0.2) is 0 Å². The van der Waals surface area contributed by atoms with Crippen LogP contribution in [0, 0.1) is 27.2 Å². The van der Waals surface area contributed by atoms with Gasteiger partial charge in [-0.15, -0.1) is 12.1 Å². The summed E-state index contributed by atoms with van der Waals surface area (Å²) in [6.45, 7) is 11.8. The molecule has 1 aliphatic rings. The van der Waals surface area contributed by atoms with Crippen molar-refractivity contribution in [3.05, 3.63) is 87.5 Å². The van der Waals surface area contributed by atoms with Crippen molar-refractivity contribution in [3.8, 4) is 0 Å². The number of nitrogens with zero attached hydrogens (tertiary/aromatic N) is 2. The van der Waals surface area contributed by atoms with Crippen molar-refractivity contribution in [1.82, 2.24) is 0 Å². The van der Waals surface area contributed by atoms with E-state index >= 15 is 0 Å². The van der Waals surface area contributed by atoms with Crippen molar-refractivity contribution in [2.24, 2.45) is 10.4 Å². The first kappa shape index (κ1) is 23.4. The molecule has 25 heavy (non-hydrogen) atoms. The number of benzene rings is 2. The van der Waals surface area contributed by atoms with E-state index in [2.05, 4.69) is 69.0 Å². The Labute approximate surface area is 167 Å². The standard InChI is InChI=1S/C20H23N2.2CH3.Ir/c1-15-10-8-9-13-17(15)19-21-18(20(2,3)4)14-22(19)16-11-6-5-7-12-16;;;/h5-13,18H,1,14H2,2-4H3;2*1H3;/q3*-1;+3/t18-;;;/m1.../s1. The molecule has 1 heterocycles. The van der Waals surface area contributed by atoms with E-state index < -0.39 is 0 Å². The molecule has 2 aromatic carbocycles. The van der Waals surface area contributed by atoms with Gasteiger partial charge in [0.2, 0.25) is 0 Å². The summed E-state index contributed by atoms with van der Waals surface area (Å²) in [6.07, 6.45) is 0. The number of aliphatic imine (C=N–C) groups is 1. The van der Waals surface area contributed by atoms with E-state index in [9.17, 15) is 0 Å². The number of rotatable bonds is 2. The molecule has 0 bridgehead atoms. The molecule has 0 aromatic heterocycles. The summed E-state index contributed by atoms with van der Waals surface area (Å²) in [6, 6.07) is 19.0. The Morgan fingerprint density at radius 3 is 2.08 bits per heavy atom. The van der Waals surface area contributed by atoms with E-state index in [0.717, 1.165) is 23.5 Å². The Bertz CT molecular complexity index is 687. The molecule has 0 aliphatic carbocycles. The third-order valence-corrected chi connectivity index (χ3v) is 4.22. The number of para-hydroxylation sites is 1. The van der Waals surface area contributed by atoms with Crippen molar-refractivity contribution < 1.29 is 20.1 Å². The van der Waals surface area contributed by atoms with Gasteiger partial charge in [0.25, 0.3) is 0 Å². The first-order valence-electron chi connectivity index (χ1n) is 7.78. The Hall–Kier alpha value is -1.57. The first-order chi connectivity index (χ1) is 10.5. The molecule has 0 unspecified atom stereocenters. The van der Waals surface area contributed by atoms with Crippen LogP contribution in [-0.4, -0.2) is 18.4 Å². The van der Waals surface area contributed by atoms with Gasteiger partial charge in [-0.05, 0) is 17.5 Å². The van der Waals surface area contributed by atoms with Crippen molar-refractivity contribution in [2.45, 2.75) is 26.8 Å². The third kappa shape index (κ3) is 4.96. The zero-order valence-electron chi connectivity index (χ0n) is 15.9. The first-order valence-corrected chi connectivity index (χ1v) is 7.78. The molecule has 136 valence electrons. The normalized spacial score (nSPS) is 16.2. The fraction of sp³-hybridized carbons (Fsp3) is 0.273. The van der Waals surface area contributed by atoms with Gasteiger partial charge in [0, 0.05) is 12.2 Å². The Kier molecular flexibility index (Phi) is 8.64. The molecule has 3 rings (SSSR count). The molecule has 0 spiro atoms. The van der Waals surface area contributed by atoms with Crippen LogP contribution >= 0.6 is 0 Å². The van der Waals surface area contributed by atoms with E-state index in [1.54, 1.807) is 0 Å². The van der Waals surface area contributed by atoms with Crippen LogP contribution in [0.4, 0.5) is 5.69 Å². The van der Waals surface area contributed by atoms with Gasteiger partial charge < -0.3 is 19.8 Å². The largest absolute Gasteiger partial charge is 3.00 e. The van der Waals surface area contributed by atoms with Gasteiger partial charge >= 0.3 is 20.1 Å². The summed E-state index contributed by atoms with van der Waals surface area (Å²) in [4.78, 5) is 7.37. The summed E-state index contributed by atoms with van der Waals surface area (Å²) in [7, 11) is 0. The molecule has 0 radical (unpaired) electrons. The monoisotopic (exact) mass is 514 g/mol. The molecule has 0 saturated heterocycles. The van der Waals surface area contributed by atoms with Crippen molar-refractivity contribution in [2.75, 3.05) is 11.4 Å². The minimum atomic E-state index is 0. The van der Waals surface area contributed by atoms with Crippen LogP contribution in [-0.2, 0) is 20.1 Å². The predicted molar refractivity (Wildman–Crippen MR) is 107 cm³/mol. The van der Waals surface area contributed by atoms with E-state index in [1.807, 2.05) is 18.2 Å². The molecule has 0 fully saturated rings. The maximum Gasteiger partial charge on any atom is 3.00 e. The Morgan fingerprint density at radius 1 is 0.960 bits per heavy atom. The molecule has 2 nitrogen and oxygen atoms in total. The zero-order valence-corrected chi connectivity index (χ0v) is 18.3. The summed E-state index contributed by atoms with van der Waals surface area (Å²) in [5.74, 6) is 1.04. The second-order valence-electron chi connectivity index (χ2n) is 6.94. The van der Waals surface area contributed by atoms with Crippen LogP contribution in [0.1, 0.15) is 31.9 Å².